The Balaban J connectivity index is 4.79. The largest absolute Gasteiger partial charge is 0.512 e. The van der Waals surface area contributed by atoms with Gasteiger partial charge in [-0.25, -0.2) is 0 Å². The fourth-order valence-electron chi connectivity index (χ4n) is 0.607. The number of allylic oxidation sites excluding steroid dienone is 1. The Bertz CT molecular complexity index is 188. The lowest BCUT2D eigenvalue weighted by Gasteiger charge is -2.00. The van der Waals surface area contributed by atoms with Crippen molar-refractivity contribution >= 4 is 23.0 Å². The third-order valence-electron chi connectivity index (χ3n) is 0.960. The number of hydrogen-bond acceptors (Lipinski definition) is 3. The monoisotopic (exact) mass is 159 g/mol. The topological polar surface area (TPSA) is 63.3 Å². The van der Waals surface area contributed by atoms with Crippen LogP contribution in [0.1, 0.15) is 13.8 Å². The molecule has 0 aliphatic carbocycles. The third-order valence-corrected chi connectivity index (χ3v) is 1.16. The van der Waals surface area contributed by atoms with Gasteiger partial charge >= 0.3 is 0 Å². The average molecular weight is 159 g/mol. The zero-order valence-corrected chi connectivity index (χ0v) is 6.66. The van der Waals surface area contributed by atoms with E-state index in [0.717, 1.165) is 0 Å². The van der Waals surface area contributed by atoms with Crippen LogP contribution in [0.25, 0.3) is 0 Å². The van der Waals surface area contributed by atoms with Crippen LogP contribution in [0.3, 0.4) is 0 Å². The Labute approximate surface area is 64.5 Å². The fourth-order valence-corrected chi connectivity index (χ4v) is 0.898. The molecule has 0 radical (unpaired) electrons. The van der Waals surface area contributed by atoms with Gasteiger partial charge in [0.1, 0.15) is 10.7 Å². The van der Waals surface area contributed by atoms with E-state index in [1.54, 1.807) is 0 Å². The molecule has 0 amide bonds. The zero-order chi connectivity index (χ0) is 8.31. The standard InChI is InChI=1S/C6H9NO2S/c1-3(8)5(4(2)9)6(7)10/h8H,1-2H3,(H2,7,10)/b5-3-. The van der Waals surface area contributed by atoms with E-state index in [0.29, 0.717) is 0 Å². The van der Waals surface area contributed by atoms with Gasteiger partial charge in [-0.3, -0.25) is 4.79 Å². The van der Waals surface area contributed by atoms with Crippen LogP contribution in [0.5, 0.6) is 0 Å². The molecule has 3 N–H and O–H groups in total. The van der Waals surface area contributed by atoms with Crippen LogP contribution in [0.4, 0.5) is 0 Å². The van der Waals surface area contributed by atoms with Gasteiger partial charge < -0.3 is 10.8 Å². The summed E-state index contributed by atoms with van der Waals surface area (Å²) >= 11 is 4.51. The Hall–Kier alpha value is -0.900. The maximum Gasteiger partial charge on any atom is 0.166 e. The van der Waals surface area contributed by atoms with Crippen molar-refractivity contribution in [1.82, 2.24) is 0 Å². The number of hydrogen-bond donors (Lipinski definition) is 2. The molecule has 0 atom stereocenters. The molecule has 0 saturated carbocycles. The summed E-state index contributed by atoms with van der Waals surface area (Å²) < 4.78 is 0. The Morgan fingerprint density at radius 3 is 1.90 bits per heavy atom. The van der Waals surface area contributed by atoms with Crippen LogP contribution < -0.4 is 5.73 Å². The van der Waals surface area contributed by atoms with Crippen molar-refractivity contribution in [2.24, 2.45) is 5.73 Å². The summed E-state index contributed by atoms with van der Waals surface area (Å²) in [5.41, 5.74) is 5.17. The van der Waals surface area contributed by atoms with Crippen LogP contribution in [-0.2, 0) is 4.79 Å². The first-order chi connectivity index (χ1) is 4.46. The van der Waals surface area contributed by atoms with Crippen molar-refractivity contribution in [1.29, 1.82) is 0 Å². The molecule has 0 aliphatic heterocycles. The number of ketones is 1. The second-order valence-corrected chi connectivity index (χ2v) is 2.32. The molecule has 4 heteroatoms. The molecule has 0 bridgehead atoms. The lowest BCUT2D eigenvalue weighted by molar-refractivity contribution is -0.113. The number of carbonyl (C=O) groups excluding carboxylic acids is 1. The highest BCUT2D eigenvalue weighted by molar-refractivity contribution is 7.80. The van der Waals surface area contributed by atoms with Crippen LogP contribution in [0, 0.1) is 0 Å². The predicted molar refractivity (Wildman–Crippen MR) is 42.8 cm³/mol. The molecule has 56 valence electrons. The summed E-state index contributed by atoms with van der Waals surface area (Å²) in [4.78, 5) is 10.6. The van der Waals surface area contributed by atoms with E-state index < -0.39 is 0 Å². The minimum Gasteiger partial charge on any atom is -0.512 e. The molecule has 0 spiro atoms. The highest BCUT2D eigenvalue weighted by Crippen LogP contribution is 2.01. The van der Waals surface area contributed by atoms with E-state index in [2.05, 4.69) is 12.2 Å². The molecule has 3 nitrogen and oxygen atoms in total. The summed E-state index contributed by atoms with van der Waals surface area (Å²) in [6.45, 7) is 2.67. The smallest absolute Gasteiger partial charge is 0.166 e. The first kappa shape index (κ1) is 9.10. The van der Waals surface area contributed by atoms with E-state index >= 15 is 0 Å². The number of thiocarbonyl (C=S) groups is 1. The van der Waals surface area contributed by atoms with Crippen molar-refractivity contribution < 1.29 is 9.90 Å². The number of carbonyl (C=O) groups is 1. The normalized spacial score (nSPS) is 12.2. The van der Waals surface area contributed by atoms with E-state index in [4.69, 9.17) is 10.8 Å². The average Bonchev–Trinajstić information content (AvgIpc) is 1.59. The van der Waals surface area contributed by atoms with Crippen molar-refractivity contribution in [3.05, 3.63) is 11.3 Å². The SMILES string of the molecule is CC(=O)/C(C(N)=S)=C(\C)O. The van der Waals surface area contributed by atoms with E-state index in [1.165, 1.54) is 13.8 Å². The van der Waals surface area contributed by atoms with Gasteiger partial charge in [0.25, 0.3) is 0 Å². The van der Waals surface area contributed by atoms with Crippen LogP contribution in [-0.4, -0.2) is 15.9 Å². The quantitative estimate of drug-likeness (QED) is 0.353. The molecule has 0 fully saturated rings. The number of aliphatic hydroxyl groups excluding tert-OH is 1. The summed E-state index contributed by atoms with van der Waals surface area (Å²) in [6.07, 6.45) is 0. The van der Waals surface area contributed by atoms with Crippen molar-refractivity contribution in [3.8, 4) is 0 Å². The summed E-state index contributed by atoms with van der Waals surface area (Å²) in [6, 6.07) is 0. The summed E-state index contributed by atoms with van der Waals surface area (Å²) in [5.74, 6) is -0.437. The number of aliphatic hydroxyl groups is 1. The fraction of sp³-hybridized carbons (Fsp3) is 0.333. The van der Waals surface area contributed by atoms with Gasteiger partial charge in [-0.2, -0.15) is 0 Å². The van der Waals surface area contributed by atoms with Crippen molar-refractivity contribution in [3.63, 3.8) is 0 Å². The van der Waals surface area contributed by atoms with Crippen molar-refractivity contribution in [2.75, 3.05) is 0 Å². The molecule has 0 heterocycles. The number of rotatable bonds is 2. The third kappa shape index (κ3) is 2.14. The highest BCUT2D eigenvalue weighted by Gasteiger charge is 2.09. The van der Waals surface area contributed by atoms with Gasteiger partial charge in [0.15, 0.2) is 5.78 Å². The Morgan fingerprint density at radius 1 is 1.50 bits per heavy atom. The minimum atomic E-state index is -0.312. The molecule has 0 aromatic rings. The van der Waals surface area contributed by atoms with Gasteiger partial charge in [0, 0.05) is 0 Å². The van der Waals surface area contributed by atoms with Crippen LogP contribution in [0.2, 0.25) is 0 Å². The molecule has 0 saturated heterocycles. The maximum atomic E-state index is 10.6. The van der Waals surface area contributed by atoms with E-state index in [1.807, 2.05) is 0 Å². The van der Waals surface area contributed by atoms with Gasteiger partial charge in [-0.05, 0) is 13.8 Å². The molecule has 0 aliphatic rings. The Kier molecular flexibility index (Phi) is 3.02. The lowest BCUT2D eigenvalue weighted by atomic mass is 10.1. The van der Waals surface area contributed by atoms with E-state index in [-0.39, 0.29) is 22.1 Å². The number of nitrogens with two attached hydrogens (primary N) is 1. The molecule has 0 unspecified atom stereocenters. The second kappa shape index (κ2) is 3.31. The van der Waals surface area contributed by atoms with Crippen molar-refractivity contribution in [2.45, 2.75) is 13.8 Å². The van der Waals surface area contributed by atoms with Crippen LogP contribution in [0.15, 0.2) is 11.3 Å². The predicted octanol–water partition coefficient (Wildman–Crippen LogP) is 0.694. The molecule has 0 aromatic carbocycles. The Morgan fingerprint density at radius 2 is 1.90 bits per heavy atom. The first-order valence-corrected chi connectivity index (χ1v) is 3.08. The van der Waals surface area contributed by atoms with Gasteiger partial charge in [-0.1, -0.05) is 12.2 Å². The first-order valence-electron chi connectivity index (χ1n) is 2.67. The van der Waals surface area contributed by atoms with Crippen LogP contribution >= 0.6 is 12.2 Å². The molecule has 10 heavy (non-hydrogen) atoms. The molecular weight excluding hydrogens is 150 g/mol. The highest BCUT2D eigenvalue weighted by atomic mass is 32.1. The second-order valence-electron chi connectivity index (χ2n) is 1.88. The van der Waals surface area contributed by atoms with Gasteiger partial charge in [0.05, 0.1) is 5.57 Å². The van der Waals surface area contributed by atoms with Gasteiger partial charge in [0.2, 0.25) is 0 Å². The molecular formula is C6H9NO2S. The zero-order valence-electron chi connectivity index (χ0n) is 5.84. The molecule has 0 aromatic heterocycles. The summed E-state index contributed by atoms with van der Waals surface area (Å²) in [7, 11) is 0. The minimum absolute atomic E-state index is 0.0370. The maximum absolute atomic E-state index is 10.6. The van der Waals surface area contributed by atoms with E-state index in [9.17, 15) is 4.79 Å². The summed E-state index contributed by atoms with van der Waals surface area (Å²) in [5, 5.41) is 8.84. The molecule has 0 rings (SSSR count). The lowest BCUT2D eigenvalue weighted by Crippen LogP contribution is -2.18. The number of Topliss-reactive ketones (excluding diaryl/α,β-unsaturated/α-hetero) is 1. The van der Waals surface area contributed by atoms with Gasteiger partial charge in [-0.15, -0.1) is 0 Å².